The second kappa shape index (κ2) is 24.8. The minimum Gasteiger partial charge on any atom is -0.492 e. The molecule has 3 aliphatic heterocycles. The highest BCUT2D eigenvalue weighted by atomic mass is 19.1. The third-order valence-corrected chi connectivity index (χ3v) is 22.0. The molecule has 10 atom stereocenters. The van der Waals surface area contributed by atoms with E-state index in [0.717, 1.165) is 49.9 Å². The number of esters is 4. The van der Waals surface area contributed by atoms with Gasteiger partial charge >= 0.3 is 30.0 Å². The van der Waals surface area contributed by atoms with Gasteiger partial charge in [0.1, 0.15) is 28.1 Å². The molecule has 3 N–H and O–H groups in total. The Labute approximate surface area is 539 Å². The Bertz CT molecular complexity index is 4010. The van der Waals surface area contributed by atoms with Crippen LogP contribution in [0, 0.1) is 46.1 Å². The van der Waals surface area contributed by atoms with E-state index in [1.807, 2.05) is 24.8 Å². The number of rotatable bonds is 18. The Hall–Kier alpha value is -8.23. The largest absolute Gasteiger partial charge is 0.492 e. The van der Waals surface area contributed by atoms with Gasteiger partial charge in [-0.25, -0.2) is 23.2 Å². The number of fused-ring (bicyclic) bond motifs is 8. The number of methoxy groups -OCH3 is 2. The number of ketones is 2. The molecule has 3 saturated heterocycles. The van der Waals surface area contributed by atoms with Crippen molar-refractivity contribution in [3.8, 4) is 11.5 Å². The van der Waals surface area contributed by atoms with Gasteiger partial charge in [-0.1, -0.05) is 25.5 Å². The van der Waals surface area contributed by atoms with Gasteiger partial charge in [0.2, 0.25) is 30.2 Å². The number of nitrogens with one attached hydrogen (secondary N) is 1. The third kappa shape index (κ3) is 11.2. The molecular weight excluding hydrogens is 1230 g/mol. The quantitative estimate of drug-likeness (QED) is 0.0545. The van der Waals surface area contributed by atoms with E-state index in [-0.39, 0.29) is 113 Å². The zero-order valence-corrected chi connectivity index (χ0v) is 53.2. The predicted molar refractivity (Wildman–Crippen MR) is 332 cm³/mol. The number of halogens is 2. The second-order valence-corrected chi connectivity index (χ2v) is 27.4. The molecule has 13 rings (SSSR count). The molecule has 4 aromatic rings. The van der Waals surface area contributed by atoms with E-state index >= 15 is 8.78 Å². The first kappa shape index (κ1) is 64.5. The molecule has 6 aliphatic carbocycles. The summed E-state index contributed by atoms with van der Waals surface area (Å²) in [5.74, 6) is -6.29. The lowest BCUT2D eigenvalue weighted by Crippen LogP contribution is -2.61. The number of aromatic nitrogens is 2. The van der Waals surface area contributed by atoms with Crippen molar-refractivity contribution in [2.45, 2.75) is 140 Å². The minimum atomic E-state index is -1.88. The number of carbonyl (C=O) groups excluding carboxylic acids is 7. The SMILES string of the molecule is COc1c(N2CC3CCCNC3C2)c(F)cc2c(=O)c(C(=O)OCOC(=O)c3cn(C4CC4)c4c(OC)c(N5CCN(C(=O)OCOC(=O)CCC(=O)OCC(=O)[C@@]6(O)CCC7C8CCC9=CC(=O)C=C[C@]9(C)C8C(O)C[C@@]76C)C(C)C5)c(F)cc4c3=O)cn(C3CC3)c12. The monoisotopic (exact) mass is 1300 g/mol. The number of hydrogen-bond acceptors (Lipinski definition) is 21. The molecule has 1 amide bonds. The van der Waals surface area contributed by atoms with Gasteiger partial charge in [0.05, 0.1) is 55.0 Å². The van der Waals surface area contributed by atoms with Crippen molar-refractivity contribution >= 4 is 74.7 Å². The molecule has 24 nitrogen and oxygen atoms in total. The number of ether oxygens (including phenoxy) is 7. The molecule has 0 radical (unpaired) electrons. The standard InChI is InChI=1S/C68H78F2N6O18/c1-35-27-72(21-22-74(35)65(86)94-33-91-53(81)15-14-52(80)90-32-51(79)68(87)19-17-46-41-13-8-37-23-40(77)16-18-66(37,2)54(41)50(78)26-67(46,68)3)57-47(69)24-42-55(61(57)88-4)75(38-9-10-38)29-44(59(42)82)63(84)92-34-93-64(85)45-30-76(39-11-12-39)56-43(60(45)83)25-48(70)58(62(56)89-5)73-28-36-7-6-20-71-49(36)31-73/h16,18,23-25,29-30,35-36,38-39,41,46,49-50,54,71,78,87H,6-15,17,19-22,26-28,31-34H2,1-5H3/t35?,36?,41?,46?,49?,50?,54?,66-,67-,68-/m0/s1. The van der Waals surface area contributed by atoms with Crippen molar-refractivity contribution in [2.75, 3.05) is 83.5 Å². The fraction of sp³-hybridized carbons (Fsp3) is 0.574. The van der Waals surface area contributed by atoms with Crippen molar-refractivity contribution < 1.29 is 85.7 Å². The van der Waals surface area contributed by atoms with Crippen LogP contribution in [0.25, 0.3) is 21.8 Å². The smallest absolute Gasteiger partial charge is 0.413 e. The molecule has 26 heteroatoms. The van der Waals surface area contributed by atoms with Gasteiger partial charge in [-0.05, 0) is 126 Å². The van der Waals surface area contributed by atoms with Crippen LogP contribution in [-0.2, 0) is 42.9 Å². The zero-order chi connectivity index (χ0) is 66.4. The Morgan fingerprint density at radius 2 is 1.32 bits per heavy atom. The summed E-state index contributed by atoms with van der Waals surface area (Å²) < 4.78 is 74.3. The molecule has 9 aliphatic rings. The topological polar surface area (TPSA) is 290 Å². The fourth-order valence-electron chi connectivity index (χ4n) is 17.0. The first-order valence-electron chi connectivity index (χ1n) is 32.6. The van der Waals surface area contributed by atoms with Crippen LogP contribution < -0.4 is 35.4 Å². The maximum absolute atomic E-state index is 16.6. The number of pyridine rings is 2. The van der Waals surface area contributed by atoms with E-state index in [1.54, 1.807) is 33.1 Å². The number of benzene rings is 2. The van der Waals surface area contributed by atoms with Crippen molar-refractivity contribution in [1.82, 2.24) is 19.4 Å². The Balaban J connectivity index is 0.598. The van der Waals surface area contributed by atoms with Crippen molar-refractivity contribution in [2.24, 2.45) is 34.5 Å². The highest BCUT2D eigenvalue weighted by molar-refractivity contribution is 6.02. The number of aliphatic hydroxyl groups excluding tert-OH is 1. The van der Waals surface area contributed by atoms with Crippen LogP contribution in [0.3, 0.4) is 0 Å². The minimum absolute atomic E-state index is 0.00255. The number of anilines is 2. The molecule has 7 unspecified atom stereocenters. The molecule has 2 aromatic heterocycles. The van der Waals surface area contributed by atoms with Crippen LogP contribution in [0.15, 0.2) is 57.9 Å². The number of hydrogen-bond donors (Lipinski definition) is 3. The summed E-state index contributed by atoms with van der Waals surface area (Å²) in [6.45, 7) is 5.14. The summed E-state index contributed by atoms with van der Waals surface area (Å²) in [4.78, 5) is 126. The van der Waals surface area contributed by atoms with Gasteiger partial charge < -0.3 is 72.5 Å². The summed E-state index contributed by atoms with van der Waals surface area (Å²) in [6.07, 6.45) is 12.0. The van der Waals surface area contributed by atoms with Gasteiger partial charge in [0.15, 0.2) is 35.5 Å². The summed E-state index contributed by atoms with van der Waals surface area (Å²) >= 11 is 0. The number of Topliss-reactive ketones (excluding diaryl/α,β-unsaturated/α-hetero) is 1. The third-order valence-electron chi connectivity index (χ3n) is 22.0. The molecule has 8 fully saturated rings. The van der Waals surface area contributed by atoms with E-state index in [4.69, 9.17) is 33.2 Å². The first-order chi connectivity index (χ1) is 45.0. The van der Waals surface area contributed by atoms with Gasteiger partial charge in [-0.2, -0.15) is 0 Å². The average Bonchev–Trinajstić information content (AvgIpc) is 1.57. The fourth-order valence-corrected chi connectivity index (χ4v) is 17.0. The van der Waals surface area contributed by atoms with Gasteiger partial charge in [-0.3, -0.25) is 28.8 Å². The van der Waals surface area contributed by atoms with Crippen LogP contribution in [-0.4, -0.2) is 163 Å². The van der Waals surface area contributed by atoms with Crippen molar-refractivity contribution in [1.29, 1.82) is 0 Å². The van der Waals surface area contributed by atoms with E-state index in [1.165, 1.54) is 31.5 Å². The van der Waals surface area contributed by atoms with E-state index < -0.39 is 131 Å². The van der Waals surface area contributed by atoms with Crippen molar-refractivity contribution in [3.05, 3.63) is 91.5 Å². The number of nitrogens with zero attached hydrogens (tertiary/aromatic N) is 5. The molecule has 5 saturated carbocycles. The van der Waals surface area contributed by atoms with Crippen LogP contribution in [0.4, 0.5) is 25.0 Å². The number of allylic oxidation sites excluding steroid dienone is 4. The summed E-state index contributed by atoms with van der Waals surface area (Å²) in [5, 5.41) is 27.0. The number of aliphatic hydroxyl groups is 2. The lowest BCUT2D eigenvalue weighted by Gasteiger charge is -2.59. The normalized spacial score (nSPS) is 28.6. The number of amides is 1. The highest BCUT2D eigenvalue weighted by Gasteiger charge is 2.68. The van der Waals surface area contributed by atoms with Crippen LogP contribution in [0.5, 0.6) is 11.5 Å². The molecule has 0 bridgehead atoms. The van der Waals surface area contributed by atoms with E-state index in [2.05, 4.69) is 5.32 Å². The van der Waals surface area contributed by atoms with Crippen LogP contribution in [0.2, 0.25) is 0 Å². The maximum Gasteiger partial charge on any atom is 0.413 e. The number of piperidine rings is 1. The van der Waals surface area contributed by atoms with Crippen molar-refractivity contribution in [3.63, 3.8) is 0 Å². The molecule has 2 aromatic carbocycles. The predicted octanol–water partition coefficient (Wildman–Crippen LogP) is 6.49. The Kier molecular flexibility index (Phi) is 17.0. The molecule has 0 spiro atoms. The summed E-state index contributed by atoms with van der Waals surface area (Å²) in [6, 6.07) is 1.37. The maximum atomic E-state index is 16.6. The molecule has 94 heavy (non-hydrogen) atoms. The molecule has 502 valence electrons. The lowest BCUT2D eigenvalue weighted by atomic mass is 9.46. The van der Waals surface area contributed by atoms with Crippen LogP contribution >= 0.6 is 0 Å². The highest BCUT2D eigenvalue weighted by Crippen LogP contribution is 2.67. The number of carbonyl (C=O) groups is 7. The lowest BCUT2D eigenvalue weighted by molar-refractivity contribution is -0.181. The Morgan fingerprint density at radius 3 is 1.90 bits per heavy atom. The molecule has 5 heterocycles. The summed E-state index contributed by atoms with van der Waals surface area (Å²) in [5.41, 5.74) is -4.27. The van der Waals surface area contributed by atoms with E-state index in [9.17, 15) is 53.4 Å². The summed E-state index contributed by atoms with van der Waals surface area (Å²) in [7, 11) is 2.73. The average molecular weight is 1310 g/mol. The van der Waals surface area contributed by atoms with Gasteiger partial charge in [0.25, 0.3) is 0 Å². The number of piperazine rings is 1. The molecular formula is C68H78F2N6O18. The van der Waals surface area contributed by atoms with Gasteiger partial charge in [0, 0.05) is 86.0 Å². The zero-order valence-electron chi connectivity index (χ0n) is 53.2. The van der Waals surface area contributed by atoms with Crippen LogP contribution in [0.1, 0.15) is 137 Å². The second-order valence-electron chi connectivity index (χ2n) is 27.4. The van der Waals surface area contributed by atoms with E-state index in [0.29, 0.717) is 56.6 Å². The first-order valence-corrected chi connectivity index (χ1v) is 32.6. The van der Waals surface area contributed by atoms with Gasteiger partial charge in [-0.15, -0.1) is 0 Å². The Morgan fingerprint density at radius 1 is 0.723 bits per heavy atom.